The maximum Gasteiger partial charge on any atom is 0.303 e. The topological polar surface area (TPSA) is 54.4 Å². The maximum absolute atomic E-state index is 10.6. The molecular formula is C8H16O3S. The Hall–Kier alpha value is -0.380. The molecule has 0 radical (unpaired) electrons. The highest BCUT2D eigenvalue weighted by molar-refractivity contribution is 7.84. The molecule has 1 unspecified atom stereocenters. The van der Waals surface area contributed by atoms with E-state index in [2.05, 4.69) is 0 Å². The molecule has 1 atom stereocenters. The van der Waals surface area contributed by atoms with E-state index < -0.39 is 16.8 Å². The standard InChI is InChI=1S/C8H16O3S/c1-12(11)7-5-3-2-4-6-8(9)10/h2-7H2,1H3,(H,9,10). The highest BCUT2D eigenvalue weighted by Gasteiger charge is 1.96. The Labute approximate surface area is 75.6 Å². The van der Waals surface area contributed by atoms with Gasteiger partial charge in [-0.15, -0.1) is 0 Å². The number of rotatable bonds is 7. The summed E-state index contributed by atoms with van der Waals surface area (Å²) < 4.78 is 10.6. The number of hydrogen-bond acceptors (Lipinski definition) is 2. The zero-order valence-electron chi connectivity index (χ0n) is 7.41. The van der Waals surface area contributed by atoms with E-state index in [1.165, 1.54) is 0 Å². The third kappa shape index (κ3) is 9.62. The summed E-state index contributed by atoms with van der Waals surface area (Å²) in [5.74, 6) is 0.0154. The molecule has 0 rings (SSSR count). The van der Waals surface area contributed by atoms with Crippen molar-refractivity contribution in [3.8, 4) is 0 Å². The van der Waals surface area contributed by atoms with Gasteiger partial charge in [0, 0.05) is 29.2 Å². The minimum absolute atomic E-state index is 0.259. The van der Waals surface area contributed by atoms with Gasteiger partial charge in [-0.25, -0.2) is 0 Å². The van der Waals surface area contributed by atoms with Crippen LogP contribution in [0.1, 0.15) is 32.1 Å². The van der Waals surface area contributed by atoms with E-state index in [1.807, 2.05) is 0 Å². The van der Waals surface area contributed by atoms with Gasteiger partial charge in [0.25, 0.3) is 0 Å². The molecule has 0 amide bonds. The second-order valence-electron chi connectivity index (χ2n) is 2.84. The predicted octanol–water partition coefficient (Wildman–Crippen LogP) is 1.40. The van der Waals surface area contributed by atoms with Crippen molar-refractivity contribution in [2.75, 3.05) is 12.0 Å². The van der Waals surface area contributed by atoms with Crippen LogP contribution in [0.2, 0.25) is 0 Å². The van der Waals surface area contributed by atoms with Crippen molar-refractivity contribution in [1.29, 1.82) is 0 Å². The molecule has 72 valence electrons. The molecule has 0 aliphatic heterocycles. The Morgan fingerprint density at radius 1 is 1.25 bits per heavy atom. The van der Waals surface area contributed by atoms with Crippen molar-refractivity contribution in [1.82, 2.24) is 0 Å². The molecule has 0 aliphatic carbocycles. The molecule has 0 aromatic rings. The summed E-state index contributed by atoms with van der Waals surface area (Å²) >= 11 is 0. The lowest BCUT2D eigenvalue weighted by Crippen LogP contribution is -1.96. The van der Waals surface area contributed by atoms with Crippen LogP contribution in [0.3, 0.4) is 0 Å². The van der Waals surface area contributed by atoms with E-state index in [0.29, 0.717) is 0 Å². The van der Waals surface area contributed by atoms with Crippen molar-refractivity contribution in [3.05, 3.63) is 0 Å². The maximum atomic E-state index is 10.6. The van der Waals surface area contributed by atoms with Gasteiger partial charge in [-0.3, -0.25) is 9.00 Å². The molecule has 1 N–H and O–H groups in total. The summed E-state index contributed by atoms with van der Waals surface area (Å²) in [7, 11) is -0.696. The minimum Gasteiger partial charge on any atom is -0.481 e. The van der Waals surface area contributed by atoms with Gasteiger partial charge in [-0.05, 0) is 12.8 Å². The van der Waals surface area contributed by atoms with E-state index >= 15 is 0 Å². The second-order valence-corrected chi connectivity index (χ2v) is 4.39. The lowest BCUT2D eigenvalue weighted by molar-refractivity contribution is -0.137. The Kier molecular flexibility index (Phi) is 7.05. The summed E-state index contributed by atoms with van der Waals surface area (Å²) in [6, 6.07) is 0. The molecule has 12 heavy (non-hydrogen) atoms. The molecule has 0 bridgehead atoms. The fourth-order valence-corrected chi connectivity index (χ4v) is 1.55. The van der Waals surface area contributed by atoms with E-state index in [-0.39, 0.29) is 6.42 Å². The quantitative estimate of drug-likeness (QED) is 0.620. The fourth-order valence-electron chi connectivity index (χ4n) is 0.935. The van der Waals surface area contributed by atoms with Crippen molar-refractivity contribution >= 4 is 16.8 Å². The second kappa shape index (κ2) is 7.28. The minimum atomic E-state index is -0.728. The van der Waals surface area contributed by atoms with E-state index in [9.17, 15) is 9.00 Å². The number of hydrogen-bond donors (Lipinski definition) is 1. The van der Waals surface area contributed by atoms with Gasteiger partial charge < -0.3 is 5.11 Å². The molecule has 0 aromatic heterocycles. The van der Waals surface area contributed by atoms with Gasteiger partial charge in [0.15, 0.2) is 0 Å². The van der Waals surface area contributed by atoms with Crippen LogP contribution in [0.15, 0.2) is 0 Å². The summed E-state index contributed by atoms with van der Waals surface area (Å²) in [6.07, 6.45) is 5.57. The fraction of sp³-hybridized carbons (Fsp3) is 0.875. The third-order valence-corrected chi connectivity index (χ3v) is 2.44. The third-order valence-electron chi connectivity index (χ3n) is 1.57. The van der Waals surface area contributed by atoms with Crippen LogP contribution in [0.5, 0.6) is 0 Å². The van der Waals surface area contributed by atoms with E-state index in [1.54, 1.807) is 6.26 Å². The summed E-state index contributed by atoms with van der Waals surface area (Å²) in [6.45, 7) is 0. The molecule has 3 nitrogen and oxygen atoms in total. The van der Waals surface area contributed by atoms with Crippen LogP contribution in [0, 0.1) is 0 Å². The average molecular weight is 192 g/mol. The van der Waals surface area contributed by atoms with Gasteiger partial charge in [0.05, 0.1) is 0 Å². The Morgan fingerprint density at radius 3 is 2.33 bits per heavy atom. The molecule has 0 saturated heterocycles. The van der Waals surface area contributed by atoms with Crippen molar-refractivity contribution < 1.29 is 14.1 Å². The number of carboxylic acid groups (broad SMARTS) is 1. The van der Waals surface area contributed by atoms with Crippen LogP contribution < -0.4 is 0 Å². The normalized spacial score (nSPS) is 12.8. The van der Waals surface area contributed by atoms with Crippen molar-refractivity contribution in [2.24, 2.45) is 0 Å². The van der Waals surface area contributed by atoms with Crippen molar-refractivity contribution in [2.45, 2.75) is 32.1 Å². The van der Waals surface area contributed by atoms with Crippen molar-refractivity contribution in [3.63, 3.8) is 0 Å². The summed E-state index contributed by atoms with van der Waals surface area (Å²) in [4.78, 5) is 10.1. The molecular weight excluding hydrogens is 176 g/mol. The lowest BCUT2D eigenvalue weighted by Gasteiger charge is -1.97. The lowest BCUT2D eigenvalue weighted by atomic mass is 10.2. The van der Waals surface area contributed by atoms with Gasteiger partial charge in [-0.2, -0.15) is 0 Å². The van der Waals surface area contributed by atoms with Gasteiger partial charge >= 0.3 is 5.97 Å². The number of carboxylic acids is 1. The van der Waals surface area contributed by atoms with Crippen LogP contribution >= 0.6 is 0 Å². The van der Waals surface area contributed by atoms with Crippen LogP contribution in [-0.4, -0.2) is 27.3 Å². The summed E-state index contributed by atoms with van der Waals surface area (Å²) in [5, 5.41) is 8.31. The first-order valence-electron chi connectivity index (χ1n) is 4.14. The molecule has 0 fully saturated rings. The van der Waals surface area contributed by atoms with E-state index in [4.69, 9.17) is 5.11 Å². The SMILES string of the molecule is CS(=O)CCCCCCC(=O)O. The molecule has 4 heteroatoms. The first-order valence-corrected chi connectivity index (χ1v) is 5.87. The molecule has 0 saturated carbocycles. The van der Waals surface area contributed by atoms with Crippen LogP contribution in [-0.2, 0) is 15.6 Å². The summed E-state index contributed by atoms with van der Waals surface area (Å²) in [5.41, 5.74) is 0. The zero-order valence-corrected chi connectivity index (χ0v) is 8.23. The van der Waals surface area contributed by atoms with Gasteiger partial charge in [0.2, 0.25) is 0 Å². The highest BCUT2D eigenvalue weighted by atomic mass is 32.2. The predicted molar refractivity (Wildman–Crippen MR) is 49.7 cm³/mol. The van der Waals surface area contributed by atoms with Crippen LogP contribution in [0.25, 0.3) is 0 Å². The Bertz CT molecular complexity index is 138. The monoisotopic (exact) mass is 192 g/mol. The Balaban J connectivity index is 3.01. The largest absolute Gasteiger partial charge is 0.481 e. The first-order chi connectivity index (χ1) is 5.63. The number of carbonyl (C=O) groups is 1. The zero-order chi connectivity index (χ0) is 9.40. The number of aliphatic carboxylic acids is 1. The molecule has 0 aliphatic rings. The van der Waals surface area contributed by atoms with Crippen LogP contribution in [0.4, 0.5) is 0 Å². The first kappa shape index (κ1) is 11.6. The Morgan fingerprint density at radius 2 is 1.83 bits per heavy atom. The molecule has 0 heterocycles. The molecule has 0 spiro atoms. The molecule has 0 aromatic carbocycles. The van der Waals surface area contributed by atoms with Gasteiger partial charge in [0.1, 0.15) is 0 Å². The average Bonchev–Trinajstić information content (AvgIpc) is 1.95. The highest BCUT2D eigenvalue weighted by Crippen LogP contribution is 2.03. The smallest absolute Gasteiger partial charge is 0.303 e. The van der Waals surface area contributed by atoms with Gasteiger partial charge in [-0.1, -0.05) is 12.8 Å². The number of unbranched alkanes of at least 4 members (excludes halogenated alkanes) is 3. The van der Waals surface area contributed by atoms with E-state index in [0.717, 1.165) is 31.4 Å².